The van der Waals surface area contributed by atoms with Crippen molar-refractivity contribution in [2.45, 2.75) is 187 Å². The highest BCUT2D eigenvalue weighted by Gasteiger charge is 2.23. The van der Waals surface area contributed by atoms with Gasteiger partial charge in [0.15, 0.2) is 0 Å². The van der Waals surface area contributed by atoms with Gasteiger partial charge >= 0.3 is 0 Å². The molecular weight excluding hydrogens is 659 g/mol. The van der Waals surface area contributed by atoms with Gasteiger partial charge in [0, 0.05) is 6.42 Å². The fourth-order valence-corrected chi connectivity index (χ4v) is 6.41. The minimum atomic E-state index is -4.59. The van der Waals surface area contributed by atoms with Crippen LogP contribution in [0.2, 0.25) is 0 Å². The van der Waals surface area contributed by atoms with Crippen LogP contribution in [0.3, 0.4) is 0 Å². The van der Waals surface area contributed by atoms with Crippen molar-refractivity contribution in [3.05, 3.63) is 36.5 Å². The summed E-state index contributed by atoms with van der Waals surface area (Å²) in [5.74, 6) is -0.215. The molecule has 0 fully saturated rings. The molecule has 0 aromatic rings. The van der Waals surface area contributed by atoms with Gasteiger partial charge in [0.05, 0.1) is 39.9 Å². The van der Waals surface area contributed by atoms with Crippen molar-refractivity contribution in [3.63, 3.8) is 0 Å². The second-order valence-electron chi connectivity index (χ2n) is 15.3. The first-order valence-electron chi connectivity index (χ1n) is 20.9. The van der Waals surface area contributed by atoms with Gasteiger partial charge in [-0.15, -0.1) is 0 Å². The highest BCUT2D eigenvalue weighted by molar-refractivity contribution is 7.45. The number of likely N-dealkylation sites (N-methyl/N-ethyl adjacent to an activating group) is 1. The summed E-state index contributed by atoms with van der Waals surface area (Å²) in [6.45, 7) is 4.58. The molecule has 0 aliphatic rings. The molecule has 3 atom stereocenters. The van der Waals surface area contributed by atoms with Crippen molar-refractivity contribution < 1.29 is 32.9 Å². The molecule has 2 N–H and O–H groups in total. The number of phosphoric ester groups is 1. The van der Waals surface area contributed by atoms with Crippen molar-refractivity contribution in [1.82, 2.24) is 5.32 Å². The molecular formula is C42H81N2O6P. The van der Waals surface area contributed by atoms with Crippen LogP contribution in [0.4, 0.5) is 0 Å². The first kappa shape index (κ1) is 49.7. The van der Waals surface area contributed by atoms with Gasteiger partial charge in [0.25, 0.3) is 7.82 Å². The second kappa shape index (κ2) is 34.5. The molecule has 0 rings (SSSR count). The Bertz CT molecular complexity index is 933. The molecule has 0 heterocycles. The maximum absolute atomic E-state index is 12.8. The van der Waals surface area contributed by atoms with Crippen molar-refractivity contribution in [3.8, 4) is 0 Å². The number of allylic oxidation sites excluding steroid dienone is 5. The third-order valence-corrected chi connectivity index (χ3v) is 10.0. The fraction of sp³-hybridized carbons (Fsp3) is 0.833. The number of hydrogen-bond acceptors (Lipinski definition) is 6. The molecule has 0 radical (unpaired) electrons. The molecule has 0 aliphatic carbocycles. The van der Waals surface area contributed by atoms with E-state index in [0.29, 0.717) is 17.4 Å². The molecule has 1 amide bonds. The number of nitrogens with zero attached hydrogens (tertiary/aromatic N) is 1. The van der Waals surface area contributed by atoms with E-state index in [9.17, 15) is 19.4 Å². The average molecular weight is 741 g/mol. The average Bonchev–Trinajstić information content (AvgIpc) is 3.07. The van der Waals surface area contributed by atoms with E-state index < -0.39 is 26.6 Å². The number of nitrogens with one attached hydrogen (secondary N) is 1. The van der Waals surface area contributed by atoms with Gasteiger partial charge in [-0.05, 0) is 57.8 Å². The SMILES string of the molecule is CCCCCC/C=C\CCCCCCCCCC(=O)NC(COP(=O)([O-])OCC[N+](C)(C)C)C(O)/C=C/CC/C=C/CCCCCCCCCC. The fourth-order valence-electron chi connectivity index (χ4n) is 5.69. The zero-order valence-corrected chi connectivity index (χ0v) is 34.7. The summed E-state index contributed by atoms with van der Waals surface area (Å²) in [4.78, 5) is 25.2. The van der Waals surface area contributed by atoms with E-state index >= 15 is 0 Å². The Morgan fingerprint density at radius 2 is 1.10 bits per heavy atom. The van der Waals surface area contributed by atoms with Crippen LogP contribution in [-0.2, 0) is 18.4 Å². The predicted octanol–water partition coefficient (Wildman–Crippen LogP) is 10.5. The highest BCUT2D eigenvalue weighted by Crippen LogP contribution is 2.38. The third-order valence-electron chi connectivity index (χ3n) is 9.07. The summed E-state index contributed by atoms with van der Waals surface area (Å²) < 4.78 is 23.1. The largest absolute Gasteiger partial charge is 0.756 e. The Hall–Kier alpha value is -1.28. The van der Waals surface area contributed by atoms with Crippen molar-refractivity contribution in [1.29, 1.82) is 0 Å². The number of aliphatic hydroxyl groups excluding tert-OH is 1. The number of carbonyl (C=O) groups excluding carboxylic acids is 1. The minimum Gasteiger partial charge on any atom is -0.756 e. The topological polar surface area (TPSA) is 108 Å². The van der Waals surface area contributed by atoms with E-state index in [0.717, 1.165) is 38.5 Å². The number of quaternary nitrogens is 1. The molecule has 9 heteroatoms. The molecule has 51 heavy (non-hydrogen) atoms. The summed E-state index contributed by atoms with van der Waals surface area (Å²) in [6, 6.07) is -0.902. The number of hydrogen-bond donors (Lipinski definition) is 2. The minimum absolute atomic E-state index is 0.00737. The zero-order valence-electron chi connectivity index (χ0n) is 33.8. The quantitative estimate of drug-likeness (QED) is 0.0284. The number of carbonyl (C=O) groups is 1. The van der Waals surface area contributed by atoms with E-state index in [-0.39, 0.29) is 12.5 Å². The van der Waals surface area contributed by atoms with Crippen molar-refractivity contribution in [2.75, 3.05) is 40.9 Å². The normalized spacial score (nSPS) is 14.9. The van der Waals surface area contributed by atoms with Crippen LogP contribution < -0.4 is 10.2 Å². The smallest absolute Gasteiger partial charge is 0.268 e. The Morgan fingerprint density at radius 1 is 0.667 bits per heavy atom. The maximum atomic E-state index is 12.8. The maximum Gasteiger partial charge on any atom is 0.268 e. The highest BCUT2D eigenvalue weighted by atomic mass is 31.2. The molecule has 0 aromatic carbocycles. The first-order chi connectivity index (χ1) is 24.5. The predicted molar refractivity (Wildman–Crippen MR) is 215 cm³/mol. The molecule has 3 unspecified atom stereocenters. The van der Waals surface area contributed by atoms with Crippen LogP contribution in [0.25, 0.3) is 0 Å². The number of rotatable bonds is 37. The van der Waals surface area contributed by atoms with Crippen LogP contribution in [0.15, 0.2) is 36.5 Å². The molecule has 0 saturated heterocycles. The van der Waals surface area contributed by atoms with Gasteiger partial charge in [-0.3, -0.25) is 9.36 Å². The van der Waals surface area contributed by atoms with Crippen LogP contribution in [-0.4, -0.2) is 68.5 Å². The summed E-state index contributed by atoms with van der Waals surface area (Å²) in [7, 11) is 1.24. The lowest BCUT2D eigenvalue weighted by molar-refractivity contribution is -0.870. The molecule has 0 bridgehead atoms. The molecule has 0 spiro atoms. The second-order valence-corrected chi connectivity index (χ2v) is 16.7. The third kappa shape index (κ3) is 36.9. The number of phosphoric acid groups is 1. The van der Waals surface area contributed by atoms with Crippen LogP contribution >= 0.6 is 7.82 Å². The molecule has 0 aromatic heterocycles. The lowest BCUT2D eigenvalue weighted by Gasteiger charge is -2.29. The van der Waals surface area contributed by atoms with Crippen molar-refractivity contribution in [2.24, 2.45) is 0 Å². The van der Waals surface area contributed by atoms with Gasteiger partial charge in [-0.2, -0.15) is 0 Å². The van der Waals surface area contributed by atoms with E-state index in [1.807, 2.05) is 27.2 Å². The first-order valence-corrected chi connectivity index (χ1v) is 22.3. The van der Waals surface area contributed by atoms with E-state index in [2.05, 4.69) is 43.5 Å². The number of aliphatic hydroxyl groups is 1. The van der Waals surface area contributed by atoms with Crippen LogP contribution in [0, 0.1) is 0 Å². The monoisotopic (exact) mass is 741 g/mol. The zero-order chi connectivity index (χ0) is 37.9. The van der Waals surface area contributed by atoms with E-state index in [1.165, 1.54) is 116 Å². The van der Waals surface area contributed by atoms with Gasteiger partial charge in [0.2, 0.25) is 5.91 Å². The summed E-state index contributed by atoms with van der Waals surface area (Å²) in [5, 5.41) is 13.7. The molecule has 300 valence electrons. The van der Waals surface area contributed by atoms with Crippen LogP contribution in [0.1, 0.15) is 174 Å². The van der Waals surface area contributed by atoms with Crippen LogP contribution in [0.5, 0.6) is 0 Å². The van der Waals surface area contributed by atoms with Crippen molar-refractivity contribution >= 4 is 13.7 Å². The van der Waals surface area contributed by atoms with Gasteiger partial charge < -0.3 is 28.8 Å². The molecule has 0 aliphatic heterocycles. The lowest BCUT2D eigenvalue weighted by atomic mass is 10.1. The molecule has 8 nitrogen and oxygen atoms in total. The molecule has 0 saturated carbocycles. The lowest BCUT2D eigenvalue weighted by Crippen LogP contribution is -2.45. The standard InChI is InChI=1S/C42H81N2O6P/c1-6-8-10-12-14-16-18-20-22-24-26-28-30-32-34-36-42(46)43-40(39-50-51(47,48)49-38-37-44(3,4)5)41(45)35-33-31-29-27-25-23-21-19-17-15-13-11-9-7-2/h16,18,25,27,33,35,40-41,45H,6-15,17,19-24,26,28-32,34,36-39H2,1-5H3,(H-,43,46,47,48)/b18-16-,27-25+,35-33+. The Kier molecular flexibility index (Phi) is 33.6. The number of amides is 1. The Morgan fingerprint density at radius 3 is 1.61 bits per heavy atom. The summed E-state index contributed by atoms with van der Waals surface area (Å²) in [6.07, 6.45) is 40.4. The summed E-state index contributed by atoms with van der Waals surface area (Å²) >= 11 is 0. The van der Waals surface area contributed by atoms with E-state index in [1.54, 1.807) is 6.08 Å². The van der Waals surface area contributed by atoms with E-state index in [4.69, 9.17) is 9.05 Å². The summed E-state index contributed by atoms with van der Waals surface area (Å²) in [5.41, 5.74) is 0. The van der Waals surface area contributed by atoms with Gasteiger partial charge in [-0.25, -0.2) is 0 Å². The van der Waals surface area contributed by atoms with Gasteiger partial charge in [-0.1, -0.05) is 147 Å². The Balaban J connectivity index is 4.53. The number of unbranched alkanes of at least 4 members (excludes halogenated alkanes) is 20. The Labute approximate surface area is 315 Å². The van der Waals surface area contributed by atoms with Gasteiger partial charge in [0.1, 0.15) is 13.2 Å².